The summed E-state index contributed by atoms with van der Waals surface area (Å²) in [4.78, 5) is 41.6. The monoisotopic (exact) mass is 719 g/mol. The van der Waals surface area contributed by atoms with Crippen LogP contribution < -0.4 is 10.5 Å². The third-order valence-corrected chi connectivity index (χ3v) is 8.80. The van der Waals surface area contributed by atoms with E-state index in [4.69, 9.17) is 20.6 Å². The Kier molecular flexibility index (Phi) is 16.8. The number of benzene rings is 2. The second-order valence-electron chi connectivity index (χ2n) is 11.6. The molecule has 1 aliphatic rings. The van der Waals surface area contributed by atoms with Gasteiger partial charge < -0.3 is 19.9 Å². The van der Waals surface area contributed by atoms with Gasteiger partial charge in [0.15, 0.2) is 5.82 Å². The molecular formula is C38H50FN7O4S. The summed E-state index contributed by atoms with van der Waals surface area (Å²) in [5, 5.41) is 10.8. The molecule has 2 amide bonds. The second kappa shape index (κ2) is 21.0. The molecule has 0 atom stereocenters. The first-order valence-electron chi connectivity index (χ1n) is 17.4. The highest BCUT2D eigenvalue weighted by Gasteiger charge is 2.29. The van der Waals surface area contributed by atoms with E-state index >= 15 is 0 Å². The van der Waals surface area contributed by atoms with Crippen molar-refractivity contribution in [2.75, 3.05) is 45.3 Å². The topological polar surface area (TPSA) is 140 Å². The Morgan fingerprint density at radius 2 is 1.84 bits per heavy atom. The fourth-order valence-electron chi connectivity index (χ4n) is 5.33. The van der Waals surface area contributed by atoms with Crippen LogP contribution in [-0.2, 0) is 18.0 Å². The van der Waals surface area contributed by atoms with Crippen molar-refractivity contribution in [2.24, 2.45) is 5.73 Å². The van der Waals surface area contributed by atoms with Gasteiger partial charge in [-0.2, -0.15) is 22.1 Å². The highest BCUT2D eigenvalue weighted by molar-refractivity contribution is 7.98. The van der Waals surface area contributed by atoms with Crippen LogP contribution in [0.15, 0.2) is 54.6 Å². The molecule has 0 radical (unpaired) electrons. The van der Waals surface area contributed by atoms with Crippen molar-refractivity contribution in [2.45, 2.75) is 66.0 Å². The number of aromatic nitrogens is 3. The molecule has 0 spiro atoms. The van der Waals surface area contributed by atoms with E-state index in [-0.39, 0.29) is 24.0 Å². The second-order valence-corrected chi connectivity index (χ2v) is 12.6. The number of imidazole rings is 1. The fourth-order valence-corrected chi connectivity index (χ4v) is 5.70. The van der Waals surface area contributed by atoms with Gasteiger partial charge in [0.05, 0.1) is 29.3 Å². The average Bonchev–Trinajstić information content (AvgIpc) is 3.54. The van der Waals surface area contributed by atoms with E-state index < -0.39 is 11.7 Å². The Morgan fingerprint density at radius 1 is 1.10 bits per heavy atom. The molecule has 51 heavy (non-hydrogen) atoms. The van der Waals surface area contributed by atoms with Gasteiger partial charge in [-0.15, -0.1) is 0 Å². The molecule has 2 aromatic carbocycles. The summed E-state index contributed by atoms with van der Waals surface area (Å²) >= 11 is 1.67. The van der Waals surface area contributed by atoms with E-state index in [0.717, 1.165) is 49.4 Å². The number of hydroxylamine groups is 2. The zero-order chi connectivity index (χ0) is 37.3. The minimum Gasteiger partial charge on any atom is -0.473 e. The van der Waals surface area contributed by atoms with E-state index in [1.807, 2.05) is 59.9 Å². The summed E-state index contributed by atoms with van der Waals surface area (Å²) in [7, 11) is 1.94. The van der Waals surface area contributed by atoms with Crippen LogP contribution in [0.5, 0.6) is 5.88 Å². The number of thioether (sulfide) groups is 1. The quantitative estimate of drug-likeness (QED) is 0.148. The Hall–Kier alpha value is -4.51. The molecule has 274 valence electrons. The third kappa shape index (κ3) is 11.5. The number of fused-ring (bicyclic) bond motifs is 1. The Balaban J connectivity index is 0.000000621. The number of amides is 2. The summed E-state index contributed by atoms with van der Waals surface area (Å²) in [6.45, 7) is 11.6. The molecule has 1 saturated heterocycles. The SMILES string of the molecule is CC.CCCON(C)CC.CSCCn1c(C(=O)N2CCC(c3cccc(OCc4ccc(C#N)cc4F)n3)CC2)nc2ccc(C(N)=O)cc21. The summed E-state index contributed by atoms with van der Waals surface area (Å²) in [6, 6.07) is 16.8. The number of halogens is 1. The largest absolute Gasteiger partial charge is 0.473 e. The molecule has 5 rings (SSSR count). The van der Waals surface area contributed by atoms with Crippen LogP contribution in [0.4, 0.5) is 4.39 Å². The summed E-state index contributed by atoms with van der Waals surface area (Å²) in [5.41, 5.74) is 8.69. The van der Waals surface area contributed by atoms with Crippen LogP contribution in [-0.4, -0.2) is 81.6 Å². The minimum absolute atomic E-state index is 0.000581. The van der Waals surface area contributed by atoms with Gasteiger partial charge in [-0.25, -0.2) is 14.4 Å². The summed E-state index contributed by atoms with van der Waals surface area (Å²) in [6.07, 6.45) is 4.54. The lowest BCUT2D eigenvalue weighted by atomic mass is 9.93. The standard InChI is InChI=1S/C30H29FN6O3S.C6H15NO.C2H6/c1-41-14-13-37-26-16-21(28(33)38)7-8-25(26)35-29(37)30(39)36-11-9-20(10-12-36)24-3-2-4-27(34-24)40-18-22-6-5-19(17-32)15-23(22)31;1-4-6-8-7(3)5-2;1-2/h2-8,15-16,20H,9-14,18H2,1H3,(H2,33,38);4-6H2,1-3H3;1-2H3. The molecule has 3 heterocycles. The first-order valence-corrected chi connectivity index (χ1v) is 18.8. The lowest BCUT2D eigenvalue weighted by Crippen LogP contribution is -2.39. The number of nitrogens with zero attached hydrogens (tertiary/aromatic N) is 6. The Labute approximate surface area is 304 Å². The number of ether oxygens (including phenoxy) is 1. The molecule has 0 saturated carbocycles. The van der Waals surface area contributed by atoms with Crippen molar-refractivity contribution < 1.29 is 23.6 Å². The molecule has 1 aliphatic heterocycles. The number of rotatable bonds is 13. The normalized spacial score (nSPS) is 12.8. The van der Waals surface area contributed by atoms with E-state index in [2.05, 4.69) is 23.8 Å². The average molecular weight is 720 g/mol. The number of likely N-dealkylation sites (tertiary alicyclic amines) is 1. The molecule has 1 fully saturated rings. The number of hydrogen-bond acceptors (Lipinski definition) is 9. The first kappa shape index (κ1) is 40.9. The van der Waals surface area contributed by atoms with Gasteiger partial charge in [-0.05, 0) is 61.9 Å². The summed E-state index contributed by atoms with van der Waals surface area (Å²) < 4.78 is 21.9. The Bertz CT molecular complexity index is 1770. The van der Waals surface area contributed by atoms with Crippen LogP contribution in [0.25, 0.3) is 11.0 Å². The lowest BCUT2D eigenvalue weighted by Gasteiger charge is -2.31. The highest BCUT2D eigenvalue weighted by Crippen LogP contribution is 2.29. The van der Waals surface area contributed by atoms with E-state index in [1.54, 1.807) is 42.1 Å². The number of nitrogens with two attached hydrogens (primary N) is 1. The number of hydrogen-bond donors (Lipinski definition) is 1. The number of piperidine rings is 1. The third-order valence-electron chi connectivity index (χ3n) is 8.21. The molecule has 0 bridgehead atoms. The van der Waals surface area contributed by atoms with Gasteiger partial charge in [-0.3, -0.25) is 14.4 Å². The van der Waals surface area contributed by atoms with Crippen LogP contribution >= 0.6 is 11.8 Å². The predicted molar refractivity (Wildman–Crippen MR) is 200 cm³/mol. The molecule has 2 N–H and O–H groups in total. The van der Waals surface area contributed by atoms with Crippen molar-refractivity contribution >= 4 is 34.6 Å². The number of primary amides is 1. The summed E-state index contributed by atoms with van der Waals surface area (Å²) in [5.74, 6) is 0.520. The Morgan fingerprint density at radius 3 is 2.47 bits per heavy atom. The van der Waals surface area contributed by atoms with Crippen LogP contribution in [0.1, 0.15) is 90.7 Å². The highest BCUT2D eigenvalue weighted by atomic mass is 32.2. The van der Waals surface area contributed by atoms with Gasteiger partial charge in [0.1, 0.15) is 12.4 Å². The molecule has 4 aromatic rings. The van der Waals surface area contributed by atoms with Crippen molar-refractivity contribution in [3.63, 3.8) is 0 Å². The van der Waals surface area contributed by atoms with E-state index in [0.29, 0.717) is 48.0 Å². The molecule has 13 heteroatoms. The maximum atomic E-state index is 14.2. The molecule has 2 aromatic heterocycles. The number of carbonyl (C=O) groups excluding carboxylic acids is 2. The van der Waals surface area contributed by atoms with Crippen molar-refractivity contribution in [3.05, 3.63) is 88.6 Å². The maximum Gasteiger partial charge on any atom is 0.289 e. The lowest BCUT2D eigenvalue weighted by molar-refractivity contribution is -0.135. The van der Waals surface area contributed by atoms with Crippen LogP contribution in [0.3, 0.4) is 0 Å². The van der Waals surface area contributed by atoms with Crippen LogP contribution in [0, 0.1) is 17.1 Å². The van der Waals surface area contributed by atoms with E-state index in [9.17, 15) is 14.0 Å². The van der Waals surface area contributed by atoms with Gasteiger partial charge in [-0.1, -0.05) is 39.8 Å². The number of aryl methyl sites for hydroxylation is 1. The molecule has 0 unspecified atom stereocenters. The van der Waals surface area contributed by atoms with Crippen molar-refractivity contribution in [1.29, 1.82) is 5.26 Å². The van der Waals surface area contributed by atoms with Gasteiger partial charge in [0.25, 0.3) is 5.91 Å². The zero-order valence-electron chi connectivity index (χ0n) is 30.5. The van der Waals surface area contributed by atoms with Crippen LogP contribution in [0.2, 0.25) is 0 Å². The zero-order valence-corrected chi connectivity index (χ0v) is 31.3. The number of nitriles is 1. The van der Waals surface area contributed by atoms with Gasteiger partial charge >= 0.3 is 0 Å². The van der Waals surface area contributed by atoms with Crippen molar-refractivity contribution in [3.8, 4) is 11.9 Å². The number of pyridine rings is 1. The molecular weight excluding hydrogens is 670 g/mol. The van der Waals surface area contributed by atoms with Gasteiger partial charge in [0, 0.05) is 67.8 Å². The first-order chi connectivity index (χ1) is 24.7. The number of carbonyl (C=O) groups is 2. The van der Waals surface area contributed by atoms with E-state index in [1.165, 1.54) is 12.1 Å². The van der Waals surface area contributed by atoms with Gasteiger partial charge in [0.2, 0.25) is 11.8 Å². The van der Waals surface area contributed by atoms with Crippen molar-refractivity contribution in [1.82, 2.24) is 24.5 Å². The predicted octanol–water partition coefficient (Wildman–Crippen LogP) is 6.81. The maximum absolute atomic E-state index is 14.2. The smallest absolute Gasteiger partial charge is 0.289 e. The molecule has 0 aliphatic carbocycles. The fraction of sp³-hybridized carbons (Fsp3) is 0.447. The minimum atomic E-state index is -0.524. The molecule has 11 nitrogen and oxygen atoms in total.